The number of nitrogens with zero attached hydrogens (tertiary/aromatic N) is 1. The van der Waals surface area contributed by atoms with E-state index >= 15 is 0 Å². The van der Waals surface area contributed by atoms with Crippen LogP contribution in [0.3, 0.4) is 0 Å². The molecule has 0 radical (unpaired) electrons. The third kappa shape index (κ3) is 3.87. The fourth-order valence-corrected chi connectivity index (χ4v) is 3.13. The quantitative estimate of drug-likeness (QED) is 0.799. The first-order valence-electron chi connectivity index (χ1n) is 8.31. The summed E-state index contributed by atoms with van der Waals surface area (Å²) in [7, 11) is 1.57. The van der Waals surface area contributed by atoms with Crippen molar-refractivity contribution >= 4 is 11.7 Å². The molecule has 130 valence electrons. The minimum atomic E-state index is -0.352. The smallest absolute Gasteiger partial charge is 0.253 e. The first kappa shape index (κ1) is 17.1. The van der Waals surface area contributed by atoms with Crippen LogP contribution in [-0.4, -0.2) is 36.8 Å². The zero-order chi connectivity index (χ0) is 17.8. The molecule has 1 aliphatic rings. The van der Waals surface area contributed by atoms with E-state index in [-0.39, 0.29) is 23.4 Å². The van der Waals surface area contributed by atoms with Crippen molar-refractivity contribution in [2.75, 3.05) is 20.2 Å². The Bertz CT molecular complexity index is 765. The van der Waals surface area contributed by atoms with Crippen molar-refractivity contribution in [3.63, 3.8) is 0 Å². The maximum atomic E-state index is 13.0. The molecule has 0 saturated carbocycles. The molecule has 0 aliphatic carbocycles. The Morgan fingerprint density at radius 1 is 1.04 bits per heavy atom. The highest BCUT2D eigenvalue weighted by molar-refractivity contribution is 5.98. The van der Waals surface area contributed by atoms with Crippen molar-refractivity contribution in [2.24, 2.45) is 5.92 Å². The van der Waals surface area contributed by atoms with E-state index in [1.165, 1.54) is 24.3 Å². The predicted octanol–water partition coefficient (Wildman–Crippen LogP) is 3.57. The van der Waals surface area contributed by atoms with Crippen molar-refractivity contribution in [3.05, 3.63) is 65.5 Å². The van der Waals surface area contributed by atoms with Gasteiger partial charge in [-0.15, -0.1) is 0 Å². The molecule has 25 heavy (non-hydrogen) atoms. The van der Waals surface area contributed by atoms with Gasteiger partial charge in [0.25, 0.3) is 5.91 Å². The summed E-state index contributed by atoms with van der Waals surface area (Å²) in [6, 6.07) is 12.7. The van der Waals surface area contributed by atoms with Crippen LogP contribution in [0, 0.1) is 11.7 Å². The highest BCUT2D eigenvalue weighted by Gasteiger charge is 2.28. The van der Waals surface area contributed by atoms with Gasteiger partial charge in [-0.05, 0) is 55.3 Å². The molecule has 1 amide bonds. The molecule has 1 fully saturated rings. The Labute approximate surface area is 146 Å². The van der Waals surface area contributed by atoms with E-state index in [0.717, 1.165) is 0 Å². The maximum Gasteiger partial charge on any atom is 0.253 e. The summed E-state index contributed by atoms with van der Waals surface area (Å²) < 4.78 is 18.1. The molecule has 1 heterocycles. The average Bonchev–Trinajstić information content (AvgIpc) is 2.67. The largest absolute Gasteiger partial charge is 0.497 e. The lowest BCUT2D eigenvalue weighted by Crippen LogP contribution is -2.40. The highest BCUT2D eigenvalue weighted by atomic mass is 19.1. The normalized spacial score (nSPS) is 15.0. The minimum Gasteiger partial charge on any atom is -0.497 e. The second-order valence-electron chi connectivity index (χ2n) is 6.17. The molecular weight excluding hydrogens is 321 g/mol. The highest BCUT2D eigenvalue weighted by Crippen LogP contribution is 2.24. The van der Waals surface area contributed by atoms with Gasteiger partial charge in [-0.1, -0.05) is 6.07 Å². The molecule has 1 saturated heterocycles. The van der Waals surface area contributed by atoms with E-state index in [4.69, 9.17) is 4.74 Å². The molecule has 4 nitrogen and oxygen atoms in total. The van der Waals surface area contributed by atoms with E-state index in [0.29, 0.717) is 42.8 Å². The van der Waals surface area contributed by atoms with Crippen molar-refractivity contribution in [1.82, 2.24) is 4.90 Å². The maximum absolute atomic E-state index is 13.0. The van der Waals surface area contributed by atoms with Crippen LogP contribution in [-0.2, 0) is 0 Å². The Balaban J connectivity index is 1.62. The molecular formula is C20H20FNO3. The zero-order valence-electron chi connectivity index (χ0n) is 14.1. The van der Waals surface area contributed by atoms with Crippen molar-refractivity contribution in [3.8, 4) is 5.75 Å². The third-order valence-corrected chi connectivity index (χ3v) is 4.60. The summed E-state index contributed by atoms with van der Waals surface area (Å²) in [5.41, 5.74) is 1.11. The zero-order valence-corrected chi connectivity index (χ0v) is 14.1. The molecule has 0 N–H and O–H groups in total. The predicted molar refractivity (Wildman–Crippen MR) is 92.4 cm³/mol. The van der Waals surface area contributed by atoms with Crippen molar-refractivity contribution in [1.29, 1.82) is 0 Å². The van der Waals surface area contributed by atoms with Crippen molar-refractivity contribution < 1.29 is 18.7 Å². The standard InChI is InChI=1S/C20H20FNO3/c1-25-18-4-2-3-16(13-18)20(24)22-11-9-15(10-12-22)19(23)14-5-7-17(21)8-6-14/h2-8,13,15H,9-12H2,1H3. The van der Waals surface area contributed by atoms with Gasteiger partial charge in [0.05, 0.1) is 7.11 Å². The Hall–Kier alpha value is -2.69. The lowest BCUT2D eigenvalue weighted by Gasteiger charge is -2.31. The summed E-state index contributed by atoms with van der Waals surface area (Å²) in [6.45, 7) is 1.07. The van der Waals surface area contributed by atoms with Gasteiger partial charge >= 0.3 is 0 Å². The number of ether oxygens (including phenoxy) is 1. The Morgan fingerprint density at radius 2 is 1.72 bits per heavy atom. The van der Waals surface area contributed by atoms with Crippen LogP contribution >= 0.6 is 0 Å². The topological polar surface area (TPSA) is 46.6 Å². The lowest BCUT2D eigenvalue weighted by molar-refractivity contribution is 0.0650. The van der Waals surface area contributed by atoms with Crippen LogP contribution in [0.2, 0.25) is 0 Å². The first-order valence-corrected chi connectivity index (χ1v) is 8.31. The molecule has 0 unspecified atom stereocenters. The number of benzene rings is 2. The van der Waals surface area contributed by atoms with Gasteiger partial charge < -0.3 is 9.64 Å². The van der Waals surface area contributed by atoms with E-state index < -0.39 is 0 Å². The SMILES string of the molecule is COc1cccc(C(=O)N2CCC(C(=O)c3ccc(F)cc3)CC2)c1. The number of amides is 1. The Kier molecular flexibility index (Phi) is 5.12. The molecule has 3 rings (SSSR count). The van der Waals surface area contributed by atoms with Gasteiger partial charge in [-0.2, -0.15) is 0 Å². The number of piperidine rings is 1. The van der Waals surface area contributed by atoms with Crippen LogP contribution in [0.5, 0.6) is 5.75 Å². The summed E-state index contributed by atoms with van der Waals surface area (Å²) in [4.78, 5) is 26.9. The number of hydrogen-bond donors (Lipinski definition) is 0. The molecule has 2 aromatic rings. The number of hydrogen-bond acceptors (Lipinski definition) is 3. The summed E-state index contributed by atoms with van der Waals surface area (Å²) in [5, 5.41) is 0. The van der Waals surface area contributed by atoms with Crippen LogP contribution in [0.1, 0.15) is 33.6 Å². The first-order chi connectivity index (χ1) is 12.1. The summed E-state index contributed by atoms with van der Waals surface area (Å²) in [5.74, 6) is 0.141. The van der Waals surface area contributed by atoms with E-state index in [9.17, 15) is 14.0 Å². The monoisotopic (exact) mass is 341 g/mol. The van der Waals surface area contributed by atoms with Crippen LogP contribution in [0.25, 0.3) is 0 Å². The van der Waals surface area contributed by atoms with Gasteiger partial charge in [-0.25, -0.2) is 4.39 Å². The second kappa shape index (κ2) is 7.47. The molecule has 0 aromatic heterocycles. The van der Waals surface area contributed by atoms with E-state index in [1.54, 1.807) is 36.3 Å². The summed E-state index contributed by atoms with van der Waals surface area (Å²) in [6.07, 6.45) is 1.23. The molecule has 5 heteroatoms. The van der Waals surface area contributed by atoms with Gasteiger partial charge in [0.1, 0.15) is 11.6 Å². The molecule has 0 spiro atoms. The fourth-order valence-electron chi connectivity index (χ4n) is 3.13. The summed E-state index contributed by atoms with van der Waals surface area (Å²) >= 11 is 0. The van der Waals surface area contributed by atoms with Gasteiger partial charge in [-0.3, -0.25) is 9.59 Å². The number of rotatable bonds is 4. The number of halogens is 1. The van der Waals surface area contributed by atoms with E-state index in [2.05, 4.69) is 0 Å². The lowest BCUT2D eigenvalue weighted by atomic mass is 9.88. The second-order valence-corrected chi connectivity index (χ2v) is 6.17. The Morgan fingerprint density at radius 3 is 2.36 bits per heavy atom. The third-order valence-electron chi connectivity index (χ3n) is 4.60. The molecule has 2 aromatic carbocycles. The number of likely N-dealkylation sites (tertiary alicyclic amines) is 1. The van der Waals surface area contributed by atoms with Gasteiger partial charge in [0.15, 0.2) is 5.78 Å². The fraction of sp³-hybridized carbons (Fsp3) is 0.300. The molecule has 0 bridgehead atoms. The van der Waals surface area contributed by atoms with Crippen LogP contribution < -0.4 is 4.74 Å². The number of carbonyl (C=O) groups is 2. The average molecular weight is 341 g/mol. The van der Waals surface area contributed by atoms with E-state index in [1.807, 2.05) is 0 Å². The minimum absolute atomic E-state index is 0.0217. The molecule has 1 aliphatic heterocycles. The number of Topliss-reactive ketones (excluding diaryl/α,β-unsaturated/α-hetero) is 1. The van der Waals surface area contributed by atoms with Gasteiger partial charge in [0.2, 0.25) is 0 Å². The number of ketones is 1. The van der Waals surface area contributed by atoms with Crippen LogP contribution in [0.15, 0.2) is 48.5 Å². The number of carbonyl (C=O) groups excluding carboxylic acids is 2. The number of methoxy groups -OCH3 is 1. The van der Waals surface area contributed by atoms with Crippen LogP contribution in [0.4, 0.5) is 4.39 Å². The van der Waals surface area contributed by atoms with Crippen molar-refractivity contribution in [2.45, 2.75) is 12.8 Å². The molecule has 0 atom stereocenters. The van der Waals surface area contributed by atoms with Gasteiger partial charge in [0, 0.05) is 30.1 Å².